The summed E-state index contributed by atoms with van der Waals surface area (Å²) in [6.45, 7) is 2.12. The van der Waals surface area contributed by atoms with Crippen LogP contribution in [0.4, 0.5) is 0 Å². The number of methoxy groups -OCH3 is 2. The van der Waals surface area contributed by atoms with Crippen LogP contribution in [0.3, 0.4) is 0 Å². The molecule has 3 rings (SSSR count). The van der Waals surface area contributed by atoms with Crippen LogP contribution >= 0.6 is 0 Å². The number of benzene rings is 1. The zero-order valence-corrected chi connectivity index (χ0v) is 15.6. The lowest BCUT2D eigenvalue weighted by atomic mass is 10.1. The van der Waals surface area contributed by atoms with Gasteiger partial charge < -0.3 is 19.3 Å². The Hall–Kier alpha value is -3.09. The molecule has 1 aromatic carbocycles. The molecule has 0 saturated carbocycles. The van der Waals surface area contributed by atoms with Crippen LogP contribution < -0.4 is 9.47 Å². The summed E-state index contributed by atoms with van der Waals surface area (Å²) in [5, 5.41) is 0. The second-order valence-electron chi connectivity index (χ2n) is 6.22. The van der Waals surface area contributed by atoms with Crippen molar-refractivity contribution in [1.82, 2.24) is 14.8 Å². The zero-order chi connectivity index (χ0) is 19.2. The Bertz CT molecular complexity index is 810. The molecule has 0 spiro atoms. The number of carbonyl (C=O) groups is 2. The smallest absolute Gasteiger partial charge is 0.272 e. The second kappa shape index (κ2) is 8.53. The van der Waals surface area contributed by atoms with E-state index in [1.165, 1.54) is 7.11 Å². The number of amides is 2. The summed E-state index contributed by atoms with van der Waals surface area (Å²) in [7, 11) is 3.10. The van der Waals surface area contributed by atoms with Crippen LogP contribution in [0, 0.1) is 0 Å². The summed E-state index contributed by atoms with van der Waals surface area (Å²) in [6.07, 6.45) is 2.32. The molecule has 142 valence electrons. The third kappa shape index (κ3) is 4.19. The molecule has 7 heteroatoms. The lowest BCUT2D eigenvalue weighted by molar-refractivity contribution is 0.0714. The molecule has 2 amide bonds. The Balaban J connectivity index is 1.71. The summed E-state index contributed by atoms with van der Waals surface area (Å²) >= 11 is 0. The predicted octanol–water partition coefficient (Wildman–Crippen LogP) is 2.09. The van der Waals surface area contributed by atoms with Gasteiger partial charge in [-0.3, -0.25) is 14.6 Å². The number of pyridine rings is 1. The average Bonchev–Trinajstić information content (AvgIpc) is 2.99. The molecular weight excluding hydrogens is 346 g/mol. The molecule has 0 N–H and O–H groups in total. The quantitative estimate of drug-likeness (QED) is 0.825. The van der Waals surface area contributed by atoms with Gasteiger partial charge in [0.15, 0.2) is 0 Å². The molecule has 1 saturated heterocycles. The van der Waals surface area contributed by atoms with E-state index in [1.54, 1.807) is 59.5 Å². The van der Waals surface area contributed by atoms with E-state index in [-0.39, 0.29) is 11.8 Å². The molecule has 0 radical (unpaired) electrons. The first-order chi connectivity index (χ1) is 13.1. The van der Waals surface area contributed by atoms with Crippen molar-refractivity contribution in [2.45, 2.75) is 6.42 Å². The highest BCUT2D eigenvalue weighted by molar-refractivity contribution is 5.97. The molecule has 1 aromatic heterocycles. The van der Waals surface area contributed by atoms with Crippen molar-refractivity contribution in [3.05, 3.63) is 53.9 Å². The van der Waals surface area contributed by atoms with Gasteiger partial charge in [-0.05, 0) is 30.7 Å². The summed E-state index contributed by atoms with van der Waals surface area (Å²) in [5.74, 6) is 0.893. The zero-order valence-electron chi connectivity index (χ0n) is 15.6. The molecule has 27 heavy (non-hydrogen) atoms. The number of hydrogen-bond donors (Lipinski definition) is 0. The summed E-state index contributed by atoms with van der Waals surface area (Å²) < 4.78 is 10.5. The van der Waals surface area contributed by atoms with E-state index in [0.29, 0.717) is 55.4 Å². The van der Waals surface area contributed by atoms with Crippen molar-refractivity contribution in [2.75, 3.05) is 40.4 Å². The summed E-state index contributed by atoms with van der Waals surface area (Å²) in [4.78, 5) is 33.2. The van der Waals surface area contributed by atoms with Crippen LogP contribution in [-0.4, -0.2) is 67.0 Å². The molecule has 0 aliphatic carbocycles. The molecule has 0 atom stereocenters. The molecule has 0 bridgehead atoms. The average molecular weight is 369 g/mol. The minimum Gasteiger partial charge on any atom is -0.497 e. The van der Waals surface area contributed by atoms with Gasteiger partial charge in [-0.15, -0.1) is 0 Å². The van der Waals surface area contributed by atoms with Crippen molar-refractivity contribution >= 4 is 11.8 Å². The molecule has 1 aliphatic rings. The maximum absolute atomic E-state index is 13.0. The van der Waals surface area contributed by atoms with Crippen molar-refractivity contribution < 1.29 is 19.1 Å². The van der Waals surface area contributed by atoms with Gasteiger partial charge in [0.25, 0.3) is 11.8 Å². The fourth-order valence-corrected chi connectivity index (χ4v) is 3.12. The number of ether oxygens (including phenoxy) is 2. The number of hydrogen-bond acceptors (Lipinski definition) is 5. The van der Waals surface area contributed by atoms with Crippen molar-refractivity contribution in [3.63, 3.8) is 0 Å². The Morgan fingerprint density at radius 3 is 2.30 bits per heavy atom. The van der Waals surface area contributed by atoms with Crippen LogP contribution in [-0.2, 0) is 0 Å². The fourth-order valence-electron chi connectivity index (χ4n) is 3.12. The Morgan fingerprint density at radius 2 is 1.67 bits per heavy atom. The van der Waals surface area contributed by atoms with Gasteiger partial charge in [0, 0.05) is 38.4 Å². The fraction of sp³-hybridized carbons (Fsp3) is 0.350. The first-order valence-corrected chi connectivity index (χ1v) is 8.85. The van der Waals surface area contributed by atoms with E-state index in [0.717, 1.165) is 0 Å². The second-order valence-corrected chi connectivity index (χ2v) is 6.22. The van der Waals surface area contributed by atoms with Crippen molar-refractivity contribution in [3.8, 4) is 11.5 Å². The van der Waals surface area contributed by atoms with Gasteiger partial charge in [-0.1, -0.05) is 6.07 Å². The van der Waals surface area contributed by atoms with E-state index >= 15 is 0 Å². The van der Waals surface area contributed by atoms with Gasteiger partial charge in [0.05, 0.1) is 19.8 Å². The van der Waals surface area contributed by atoms with Gasteiger partial charge in [0.1, 0.15) is 17.2 Å². The monoisotopic (exact) mass is 369 g/mol. The minimum atomic E-state index is -0.110. The molecule has 0 unspecified atom stereocenters. The molecule has 2 heterocycles. The van der Waals surface area contributed by atoms with Crippen LogP contribution in [0.25, 0.3) is 0 Å². The highest BCUT2D eigenvalue weighted by Crippen LogP contribution is 2.26. The molecular formula is C20H23N3O4. The van der Waals surface area contributed by atoms with E-state index in [1.807, 2.05) is 0 Å². The number of rotatable bonds is 4. The van der Waals surface area contributed by atoms with Crippen molar-refractivity contribution in [1.29, 1.82) is 0 Å². The minimum absolute atomic E-state index is 0.105. The highest BCUT2D eigenvalue weighted by Gasteiger charge is 2.25. The van der Waals surface area contributed by atoms with Crippen molar-refractivity contribution in [2.24, 2.45) is 0 Å². The van der Waals surface area contributed by atoms with Crippen LogP contribution in [0.15, 0.2) is 42.6 Å². The lowest BCUT2D eigenvalue weighted by Gasteiger charge is -2.23. The molecule has 1 aliphatic heterocycles. The maximum atomic E-state index is 13.0. The third-order valence-corrected chi connectivity index (χ3v) is 4.59. The Morgan fingerprint density at radius 1 is 0.926 bits per heavy atom. The van der Waals surface area contributed by atoms with E-state index in [4.69, 9.17) is 9.47 Å². The van der Waals surface area contributed by atoms with Gasteiger partial charge in [0.2, 0.25) is 0 Å². The van der Waals surface area contributed by atoms with E-state index in [2.05, 4.69) is 4.98 Å². The number of aromatic nitrogens is 1. The first-order valence-electron chi connectivity index (χ1n) is 8.85. The third-order valence-electron chi connectivity index (χ3n) is 4.59. The van der Waals surface area contributed by atoms with Gasteiger partial charge >= 0.3 is 0 Å². The van der Waals surface area contributed by atoms with Crippen LogP contribution in [0.5, 0.6) is 11.5 Å². The normalized spacial score (nSPS) is 14.4. The highest BCUT2D eigenvalue weighted by atomic mass is 16.5. The summed E-state index contributed by atoms with van der Waals surface area (Å²) in [5.41, 5.74) is 0.914. The van der Waals surface area contributed by atoms with Gasteiger partial charge in [-0.2, -0.15) is 0 Å². The van der Waals surface area contributed by atoms with Crippen LogP contribution in [0.1, 0.15) is 27.3 Å². The molecule has 2 aromatic rings. The lowest BCUT2D eigenvalue weighted by Crippen LogP contribution is -2.37. The SMILES string of the molecule is COc1ccc(C(=O)N2CCCN(C(=O)c3ccccn3)CC2)c(OC)c1. The number of carbonyl (C=O) groups excluding carboxylic acids is 2. The summed E-state index contributed by atoms with van der Waals surface area (Å²) in [6, 6.07) is 10.4. The standard InChI is InChI=1S/C20H23N3O4/c1-26-15-7-8-16(18(14-15)27-2)19(24)22-10-5-11-23(13-12-22)20(25)17-6-3-4-9-21-17/h3-4,6-9,14H,5,10-13H2,1-2H3. The Labute approximate surface area is 158 Å². The maximum Gasteiger partial charge on any atom is 0.272 e. The van der Waals surface area contributed by atoms with Gasteiger partial charge in [-0.25, -0.2) is 0 Å². The predicted molar refractivity (Wildman–Crippen MR) is 100 cm³/mol. The van der Waals surface area contributed by atoms with Crippen LogP contribution in [0.2, 0.25) is 0 Å². The largest absolute Gasteiger partial charge is 0.497 e. The number of nitrogens with zero attached hydrogens (tertiary/aromatic N) is 3. The first kappa shape index (κ1) is 18.7. The molecule has 7 nitrogen and oxygen atoms in total. The topological polar surface area (TPSA) is 72.0 Å². The Kier molecular flexibility index (Phi) is 5.90. The molecule has 1 fully saturated rings. The van der Waals surface area contributed by atoms with E-state index < -0.39 is 0 Å². The van der Waals surface area contributed by atoms with E-state index in [9.17, 15) is 9.59 Å².